The summed E-state index contributed by atoms with van der Waals surface area (Å²) in [6.07, 6.45) is 1.03. The number of nitrogens with zero attached hydrogens (tertiary/aromatic N) is 1. The smallest absolute Gasteiger partial charge is 0.264 e. The highest BCUT2D eigenvalue weighted by Gasteiger charge is 2.51. The van der Waals surface area contributed by atoms with Crippen LogP contribution in [0.5, 0.6) is 0 Å². The average molecular weight is 361 g/mol. The third kappa shape index (κ3) is 2.86. The third-order valence-electron chi connectivity index (χ3n) is 5.04. The molecule has 2 aromatic carbocycles. The van der Waals surface area contributed by atoms with Crippen LogP contribution in [0.2, 0.25) is 0 Å². The number of aliphatic hydroxyl groups is 1. The number of Topliss-reactive ketones (excluding diaryl/α,β-unsaturated/α-hetero) is 1. The van der Waals surface area contributed by atoms with Gasteiger partial charge in [-0.15, -0.1) is 0 Å². The zero-order valence-electron chi connectivity index (χ0n) is 14.9. The quantitative estimate of drug-likeness (QED) is 0.705. The largest absolute Gasteiger partial charge is 0.461 e. The molecular formula is C22H19NO4. The number of carbonyl (C=O) groups is 2. The number of furan rings is 1. The number of para-hydroxylation sites is 1. The van der Waals surface area contributed by atoms with Crippen molar-refractivity contribution in [3.05, 3.63) is 89.4 Å². The number of hydrogen-bond acceptors (Lipinski definition) is 4. The first kappa shape index (κ1) is 17.2. The van der Waals surface area contributed by atoms with Gasteiger partial charge >= 0.3 is 0 Å². The van der Waals surface area contributed by atoms with Gasteiger partial charge in [-0.3, -0.25) is 9.59 Å². The topological polar surface area (TPSA) is 70.8 Å². The van der Waals surface area contributed by atoms with Crippen molar-refractivity contribution in [2.24, 2.45) is 0 Å². The van der Waals surface area contributed by atoms with Gasteiger partial charge in [0.05, 0.1) is 24.9 Å². The molecule has 0 aliphatic carbocycles. The van der Waals surface area contributed by atoms with Crippen LogP contribution in [0.1, 0.15) is 33.7 Å². The van der Waals surface area contributed by atoms with Crippen molar-refractivity contribution in [2.45, 2.75) is 25.5 Å². The van der Waals surface area contributed by atoms with Crippen LogP contribution in [-0.2, 0) is 16.9 Å². The molecule has 136 valence electrons. The molecule has 0 bridgehead atoms. The number of amides is 1. The van der Waals surface area contributed by atoms with E-state index in [1.807, 2.05) is 37.3 Å². The molecular weight excluding hydrogens is 342 g/mol. The highest BCUT2D eigenvalue weighted by molar-refractivity contribution is 6.10. The maximum atomic E-state index is 13.2. The van der Waals surface area contributed by atoms with E-state index >= 15 is 0 Å². The Labute approximate surface area is 156 Å². The zero-order chi connectivity index (χ0) is 19.0. The summed E-state index contributed by atoms with van der Waals surface area (Å²) >= 11 is 0. The molecule has 0 radical (unpaired) electrons. The zero-order valence-corrected chi connectivity index (χ0v) is 14.9. The summed E-state index contributed by atoms with van der Waals surface area (Å²) in [6.45, 7) is 2.31. The molecule has 0 saturated heterocycles. The van der Waals surface area contributed by atoms with E-state index in [4.69, 9.17) is 4.42 Å². The third-order valence-corrected chi connectivity index (χ3v) is 5.04. The molecule has 2 heterocycles. The average Bonchev–Trinajstić information content (AvgIpc) is 3.27. The molecule has 3 aromatic rings. The fourth-order valence-electron chi connectivity index (χ4n) is 3.55. The Morgan fingerprint density at radius 1 is 1.07 bits per heavy atom. The summed E-state index contributed by atoms with van der Waals surface area (Å²) in [6, 6.07) is 18.0. The Morgan fingerprint density at radius 3 is 2.56 bits per heavy atom. The van der Waals surface area contributed by atoms with Crippen LogP contribution < -0.4 is 4.90 Å². The van der Waals surface area contributed by atoms with Gasteiger partial charge in [0.25, 0.3) is 5.91 Å². The summed E-state index contributed by atoms with van der Waals surface area (Å²) in [5, 5.41) is 11.2. The van der Waals surface area contributed by atoms with Gasteiger partial charge in [-0.1, -0.05) is 42.5 Å². The molecule has 1 amide bonds. The Balaban J connectivity index is 1.71. The normalized spacial score (nSPS) is 18.6. The van der Waals surface area contributed by atoms with Crippen molar-refractivity contribution >= 4 is 17.4 Å². The molecule has 5 heteroatoms. The summed E-state index contributed by atoms with van der Waals surface area (Å²) in [5.74, 6) is -0.777. The molecule has 5 nitrogen and oxygen atoms in total. The maximum Gasteiger partial charge on any atom is 0.264 e. The Kier molecular flexibility index (Phi) is 4.16. The van der Waals surface area contributed by atoms with Crippen LogP contribution in [0.3, 0.4) is 0 Å². The van der Waals surface area contributed by atoms with Crippen molar-refractivity contribution in [1.82, 2.24) is 0 Å². The summed E-state index contributed by atoms with van der Waals surface area (Å²) in [5.41, 5.74) is 1.22. The van der Waals surface area contributed by atoms with Gasteiger partial charge in [-0.2, -0.15) is 0 Å². The standard InChI is InChI=1S/C22H19NO4/c1-15-7-2-3-8-16(15)14-23-18-10-5-4-9-17(18)22(26,21(23)25)13-19(24)20-11-6-12-27-20/h2-12,26H,13-14H2,1H3/t22-/m1/s1. The molecule has 4 rings (SSSR count). The van der Waals surface area contributed by atoms with Crippen LogP contribution in [0.4, 0.5) is 5.69 Å². The highest BCUT2D eigenvalue weighted by Crippen LogP contribution is 2.43. The number of ketones is 1. The lowest BCUT2D eigenvalue weighted by Gasteiger charge is -2.23. The lowest BCUT2D eigenvalue weighted by molar-refractivity contribution is -0.136. The van der Waals surface area contributed by atoms with Crippen molar-refractivity contribution in [2.75, 3.05) is 4.90 Å². The molecule has 0 unspecified atom stereocenters. The number of fused-ring (bicyclic) bond motifs is 1. The molecule has 1 aromatic heterocycles. The van der Waals surface area contributed by atoms with E-state index in [0.717, 1.165) is 11.1 Å². The van der Waals surface area contributed by atoms with Crippen molar-refractivity contribution in [1.29, 1.82) is 0 Å². The van der Waals surface area contributed by atoms with Crippen LogP contribution in [0, 0.1) is 6.92 Å². The van der Waals surface area contributed by atoms with Crippen molar-refractivity contribution < 1.29 is 19.1 Å². The summed E-state index contributed by atoms with van der Waals surface area (Å²) in [7, 11) is 0. The van der Waals surface area contributed by atoms with E-state index in [1.54, 1.807) is 29.2 Å². The second kappa shape index (κ2) is 6.52. The van der Waals surface area contributed by atoms with E-state index < -0.39 is 17.3 Å². The van der Waals surface area contributed by atoms with Crippen LogP contribution in [0.15, 0.2) is 71.3 Å². The minimum Gasteiger partial charge on any atom is -0.461 e. The number of hydrogen-bond donors (Lipinski definition) is 1. The lowest BCUT2D eigenvalue weighted by atomic mass is 9.89. The SMILES string of the molecule is Cc1ccccc1CN1C(=O)[C@@](O)(CC(=O)c2ccco2)c2ccccc21. The molecule has 1 aliphatic heterocycles. The first-order valence-electron chi connectivity index (χ1n) is 8.76. The maximum absolute atomic E-state index is 13.2. The fraction of sp³-hybridized carbons (Fsp3) is 0.182. The molecule has 27 heavy (non-hydrogen) atoms. The minimum atomic E-state index is -1.90. The van der Waals surface area contributed by atoms with E-state index in [0.29, 0.717) is 17.8 Å². The predicted molar refractivity (Wildman–Crippen MR) is 100 cm³/mol. The second-order valence-electron chi connectivity index (χ2n) is 6.77. The number of benzene rings is 2. The molecule has 1 aliphatic rings. The lowest BCUT2D eigenvalue weighted by Crippen LogP contribution is -2.41. The molecule has 1 atom stereocenters. The first-order chi connectivity index (χ1) is 13.0. The van der Waals surface area contributed by atoms with Crippen molar-refractivity contribution in [3.63, 3.8) is 0 Å². The predicted octanol–water partition coefficient (Wildman–Crippen LogP) is 3.60. The van der Waals surface area contributed by atoms with E-state index in [-0.39, 0.29) is 12.2 Å². The first-order valence-corrected chi connectivity index (χ1v) is 8.76. The number of rotatable bonds is 5. The van der Waals surface area contributed by atoms with E-state index in [1.165, 1.54) is 12.3 Å². The van der Waals surface area contributed by atoms with Gasteiger partial charge in [0.15, 0.2) is 11.4 Å². The van der Waals surface area contributed by atoms with Crippen LogP contribution >= 0.6 is 0 Å². The number of carbonyl (C=O) groups excluding carboxylic acids is 2. The van der Waals surface area contributed by atoms with Crippen molar-refractivity contribution in [3.8, 4) is 0 Å². The number of anilines is 1. The highest BCUT2D eigenvalue weighted by atomic mass is 16.3. The Bertz CT molecular complexity index is 1010. The van der Waals surface area contributed by atoms with Gasteiger partial charge in [0, 0.05) is 5.56 Å². The van der Waals surface area contributed by atoms with Gasteiger partial charge in [0.1, 0.15) is 0 Å². The fourth-order valence-corrected chi connectivity index (χ4v) is 3.55. The number of aryl methyl sites for hydroxylation is 1. The summed E-state index contributed by atoms with van der Waals surface area (Å²) in [4.78, 5) is 27.3. The van der Waals surface area contributed by atoms with Crippen LogP contribution in [0.25, 0.3) is 0 Å². The van der Waals surface area contributed by atoms with Gasteiger partial charge in [-0.25, -0.2) is 0 Å². The molecule has 0 spiro atoms. The Morgan fingerprint density at radius 2 is 1.81 bits per heavy atom. The van der Waals surface area contributed by atoms with Crippen LogP contribution in [-0.4, -0.2) is 16.8 Å². The molecule has 0 fully saturated rings. The van der Waals surface area contributed by atoms with Gasteiger partial charge in [-0.05, 0) is 36.2 Å². The minimum absolute atomic E-state index is 0.131. The van der Waals surface area contributed by atoms with E-state index in [2.05, 4.69) is 0 Å². The van der Waals surface area contributed by atoms with E-state index in [9.17, 15) is 14.7 Å². The van der Waals surface area contributed by atoms with Gasteiger partial charge in [0.2, 0.25) is 5.78 Å². The Hall–Kier alpha value is -3.18. The summed E-state index contributed by atoms with van der Waals surface area (Å²) < 4.78 is 5.13. The molecule has 1 N–H and O–H groups in total. The monoisotopic (exact) mass is 361 g/mol. The second-order valence-corrected chi connectivity index (χ2v) is 6.77. The molecule has 0 saturated carbocycles. The van der Waals surface area contributed by atoms with Gasteiger partial charge < -0.3 is 14.4 Å².